The summed E-state index contributed by atoms with van der Waals surface area (Å²) in [6, 6.07) is 7.54. The first-order chi connectivity index (χ1) is 9.49. The first-order valence-electron chi connectivity index (χ1n) is 6.70. The number of rotatable bonds is 5. The van der Waals surface area contributed by atoms with Crippen LogP contribution in [-0.2, 0) is 0 Å². The molecule has 0 radical (unpaired) electrons. The maximum Gasteiger partial charge on any atom is 0.401 e. The van der Waals surface area contributed by atoms with Gasteiger partial charge in [-0.1, -0.05) is 18.2 Å². The van der Waals surface area contributed by atoms with E-state index in [4.69, 9.17) is 10.5 Å². The second-order valence-electron chi connectivity index (χ2n) is 5.01. The standard InChI is InChI=1S/C14H19F3N2O/c15-14(16,17)10-19(7-6-18)9-11-5-8-20-13-4-2-1-3-12(11)13/h1-4,11H,5-10,18H2. The van der Waals surface area contributed by atoms with Crippen molar-refractivity contribution < 1.29 is 17.9 Å². The number of fused-ring (bicyclic) bond motifs is 1. The lowest BCUT2D eigenvalue weighted by Gasteiger charge is -2.31. The molecule has 0 aliphatic carbocycles. The number of ether oxygens (including phenoxy) is 1. The van der Waals surface area contributed by atoms with E-state index in [1.165, 1.54) is 4.90 Å². The van der Waals surface area contributed by atoms with E-state index in [9.17, 15) is 13.2 Å². The Hall–Kier alpha value is -1.27. The molecule has 2 rings (SSSR count). The Kier molecular flexibility index (Phi) is 4.88. The molecular formula is C14H19F3N2O. The predicted molar refractivity (Wildman–Crippen MR) is 70.8 cm³/mol. The van der Waals surface area contributed by atoms with Crippen LogP contribution in [0.5, 0.6) is 5.75 Å². The molecule has 0 saturated carbocycles. The van der Waals surface area contributed by atoms with Crippen molar-refractivity contribution in [1.29, 1.82) is 0 Å². The molecule has 1 atom stereocenters. The number of hydrogen-bond donors (Lipinski definition) is 1. The normalized spacial score (nSPS) is 18.8. The molecule has 20 heavy (non-hydrogen) atoms. The van der Waals surface area contributed by atoms with Crippen molar-refractivity contribution in [3.8, 4) is 5.75 Å². The quantitative estimate of drug-likeness (QED) is 0.904. The van der Waals surface area contributed by atoms with E-state index in [0.29, 0.717) is 13.2 Å². The summed E-state index contributed by atoms with van der Waals surface area (Å²) in [4.78, 5) is 1.38. The number of para-hydroxylation sites is 1. The van der Waals surface area contributed by atoms with E-state index in [1.807, 2.05) is 24.3 Å². The van der Waals surface area contributed by atoms with Gasteiger partial charge in [0.15, 0.2) is 0 Å². The highest BCUT2D eigenvalue weighted by Crippen LogP contribution is 2.34. The van der Waals surface area contributed by atoms with Crippen molar-refractivity contribution >= 4 is 0 Å². The molecule has 0 bridgehead atoms. The summed E-state index contributed by atoms with van der Waals surface area (Å²) in [5, 5.41) is 0. The minimum Gasteiger partial charge on any atom is -0.493 e. The van der Waals surface area contributed by atoms with Gasteiger partial charge in [0.25, 0.3) is 0 Å². The van der Waals surface area contributed by atoms with Crippen LogP contribution >= 0.6 is 0 Å². The van der Waals surface area contributed by atoms with Crippen LogP contribution in [0, 0.1) is 0 Å². The zero-order chi connectivity index (χ0) is 14.6. The number of nitrogens with zero attached hydrogens (tertiary/aromatic N) is 1. The van der Waals surface area contributed by atoms with Gasteiger partial charge in [-0.3, -0.25) is 4.90 Å². The summed E-state index contributed by atoms with van der Waals surface area (Å²) in [6.07, 6.45) is -3.46. The molecule has 1 heterocycles. The summed E-state index contributed by atoms with van der Waals surface area (Å²) in [5.41, 5.74) is 6.40. The highest BCUT2D eigenvalue weighted by molar-refractivity contribution is 5.37. The maximum absolute atomic E-state index is 12.6. The average Bonchev–Trinajstić information content (AvgIpc) is 2.37. The highest BCUT2D eigenvalue weighted by Gasteiger charge is 2.32. The smallest absolute Gasteiger partial charge is 0.401 e. The Balaban J connectivity index is 2.07. The van der Waals surface area contributed by atoms with Gasteiger partial charge in [-0.05, 0) is 18.1 Å². The molecule has 0 amide bonds. The number of alkyl halides is 3. The predicted octanol–water partition coefficient (Wildman–Crippen LogP) is 2.38. The molecular weight excluding hydrogens is 269 g/mol. The van der Waals surface area contributed by atoms with Crippen molar-refractivity contribution in [2.45, 2.75) is 18.5 Å². The molecule has 0 saturated heterocycles. The molecule has 1 unspecified atom stereocenters. The van der Waals surface area contributed by atoms with Gasteiger partial charge < -0.3 is 10.5 Å². The second kappa shape index (κ2) is 6.45. The second-order valence-corrected chi connectivity index (χ2v) is 5.01. The summed E-state index contributed by atoms with van der Waals surface area (Å²) < 4.78 is 43.2. The molecule has 112 valence electrons. The minimum atomic E-state index is -4.19. The van der Waals surface area contributed by atoms with Crippen LogP contribution in [0.2, 0.25) is 0 Å². The van der Waals surface area contributed by atoms with Gasteiger partial charge in [0.05, 0.1) is 13.2 Å². The first-order valence-corrected chi connectivity index (χ1v) is 6.70. The average molecular weight is 288 g/mol. The van der Waals surface area contributed by atoms with E-state index in [0.717, 1.165) is 17.7 Å². The number of hydrogen-bond acceptors (Lipinski definition) is 3. The lowest BCUT2D eigenvalue weighted by molar-refractivity contribution is -0.146. The zero-order valence-corrected chi connectivity index (χ0v) is 11.2. The number of halogens is 3. The fourth-order valence-corrected chi connectivity index (χ4v) is 2.59. The summed E-state index contributed by atoms with van der Waals surface area (Å²) in [6.45, 7) is 0.463. The van der Waals surface area contributed by atoms with Crippen LogP contribution in [0.3, 0.4) is 0 Å². The molecule has 1 aliphatic heterocycles. The van der Waals surface area contributed by atoms with Gasteiger partial charge in [0.1, 0.15) is 5.75 Å². The summed E-state index contributed by atoms with van der Waals surface area (Å²) >= 11 is 0. The Morgan fingerprint density at radius 1 is 1.30 bits per heavy atom. The van der Waals surface area contributed by atoms with E-state index in [1.54, 1.807) is 0 Å². The molecule has 6 heteroatoms. The van der Waals surface area contributed by atoms with Crippen molar-refractivity contribution in [2.24, 2.45) is 5.73 Å². The molecule has 0 spiro atoms. The lowest BCUT2D eigenvalue weighted by atomic mass is 9.92. The third-order valence-corrected chi connectivity index (χ3v) is 3.41. The fourth-order valence-electron chi connectivity index (χ4n) is 2.59. The van der Waals surface area contributed by atoms with Crippen LogP contribution in [0.25, 0.3) is 0 Å². The van der Waals surface area contributed by atoms with Gasteiger partial charge in [0.2, 0.25) is 0 Å². The van der Waals surface area contributed by atoms with E-state index >= 15 is 0 Å². The number of benzene rings is 1. The van der Waals surface area contributed by atoms with Gasteiger partial charge >= 0.3 is 6.18 Å². The Morgan fingerprint density at radius 2 is 2.05 bits per heavy atom. The van der Waals surface area contributed by atoms with Crippen LogP contribution in [0.15, 0.2) is 24.3 Å². The van der Waals surface area contributed by atoms with Crippen LogP contribution in [-0.4, -0.2) is 43.9 Å². The molecule has 2 N–H and O–H groups in total. The largest absolute Gasteiger partial charge is 0.493 e. The Labute approximate surface area is 116 Å². The lowest BCUT2D eigenvalue weighted by Crippen LogP contribution is -2.40. The SMILES string of the molecule is NCCN(CC1CCOc2ccccc21)CC(F)(F)F. The van der Waals surface area contributed by atoms with Gasteiger partial charge in [-0.25, -0.2) is 0 Å². The minimum absolute atomic E-state index is 0.0637. The van der Waals surface area contributed by atoms with Crippen molar-refractivity contribution in [1.82, 2.24) is 4.90 Å². The molecule has 3 nitrogen and oxygen atoms in total. The molecule has 1 aromatic rings. The van der Waals surface area contributed by atoms with Crippen LogP contribution < -0.4 is 10.5 Å². The highest BCUT2D eigenvalue weighted by atomic mass is 19.4. The Bertz CT molecular complexity index is 437. The Morgan fingerprint density at radius 3 is 2.75 bits per heavy atom. The van der Waals surface area contributed by atoms with E-state index < -0.39 is 12.7 Å². The third kappa shape index (κ3) is 4.11. The monoisotopic (exact) mass is 288 g/mol. The summed E-state index contributed by atoms with van der Waals surface area (Å²) in [7, 11) is 0. The topological polar surface area (TPSA) is 38.5 Å². The van der Waals surface area contributed by atoms with E-state index in [2.05, 4.69) is 0 Å². The molecule has 1 aromatic carbocycles. The maximum atomic E-state index is 12.6. The molecule has 0 fully saturated rings. The van der Waals surface area contributed by atoms with Crippen molar-refractivity contribution in [3.63, 3.8) is 0 Å². The zero-order valence-electron chi connectivity index (χ0n) is 11.2. The van der Waals surface area contributed by atoms with Crippen molar-refractivity contribution in [2.75, 3.05) is 32.8 Å². The molecule has 1 aliphatic rings. The van der Waals surface area contributed by atoms with Gasteiger partial charge in [0, 0.05) is 25.6 Å². The third-order valence-electron chi connectivity index (χ3n) is 3.41. The van der Waals surface area contributed by atoms with Crippen LogP contribution in [0.1, 0.15) is 17.9 Å². The van der Waals surface area contributed by atoms with E-state index in [-0.39, 0.29) is 19.0 Å². The molecule has 0 aromatic heterocycles. The van der Waals surface area contributed by atoms with Gasteiger partial charge in [-0.15, -0.1) is 0 Å². The van der Waals surface area contributed by atoms with Crippen LogP contribution in [0.4, 0.5) is 13.2 Å². The fraction of sp³-hybridized carbons (Fsp3) is 0.571. The summed E-state index contributed by atoms with van der Waals surface area (Å²) in [5.74, 6) is 0.845. The number of nitrogens with two attached hydrogens (primary N) is 1. The van der Waals surface area contributed by atoms with Crippen molar-refractivity contribution in [3.05, 3.63) is 29.8 Å². The van der Waals surface area contributed by atoms with Gasteiger partial charge in [-0.2, -0.15) is 13.2 Å². The first kappa shape index (κ1) is 15.1.